The highest BCUT2D eigenvalue weighted by molar-refractivity contribution is 7.80. The van der Waals surface area contributed by atoms with E-state index < -0.39 is 16.5 Å². The van der Waals surface area contributed by atoms with Crippen LogP contribution in [0.15, 0.2) is 0 Å². The van der Waals surface area contributed by atoms with Crippen molar-refractivity contribution in [2.45, 2.75) is 123 Å². The summed E-state index contributed by atoms with van der Waals surface area (Å²) in [6, 6.07) is 0. The second-order valence-corrected chi connectivity index (χ2v) is 9.89. The SMILES string of the molecule is CCCCCCCCC(CCCCCCCCC(=O)OCCC)OS(=O)(=O)[O-].OCC[NH2+]CCO. The predicted octanol–water partition coefficient (Wildman–Crippen LogP) is 3.19. The molecule has 0 aromatic heterocycles. The van der Waals surface area contributed by atoms with E-state index in [0.29, 0.717) is 39.0 Å². The minimum absolute atomic E-state index is 0.115. The van der Waals surface area contributed by atoms with Gasteiger partial charge in [0.05, 0.1) is 39.0 Å². The molecule has 0 amide bonds. The van der Waals surface area contributed by atoms with Crippen LogP contribution in [0.5, 0.6) is 0 Å². The molecule has 0 aliphatic carbocycles. The number of hydrogen-bond acceptors (Lipinski definition) is 8. The Kier molecular flexibility index (Phi) is 28.9. The molecule has 10 heteroatoms. The van der Waals surface area contributed by atoms with Crippen molar-refractivity contribution in [3.63, 3.8) is 0 Å². The van der Waals surface area contributed by atoms with Crippen LogP contribution in [-0.4, -0.2) is 68.2 Å². The topological polar surface area (TPSA) is 150 Å². The first-order valence-corrected chi connectivity index (χ1v) is 15.0. The Hall–Kier alpha value is -0.780. The molecule has 0 heterocycles. The molecule has 0 aliphatic heterocycles. The Morgan fingerprint density at radius 3 is 1.74 bits per heavy atom. The molecule has 212 valence electrons. The lowest BCUT2D eigenvalue weighted by Crippen LogP contribution is -2.85. The minimum Gasteiger partial charge on any atom is -0.726 e. The van der Waals surface area contributed by atoms with E-state index in [-0.39, 0.29) is 19.2 Å². The lowest BCUT2D eigenvalue weighted by molar-refractivity contribution is -0.657. The Bertz CT molecular complexity index is 542. The van der Waals surface area contributed by atoms with E-state index in [1.165, 1.54) is 19.3 Å². The fourth-order valence-electron chi connectivity index (χ4n) is 3.52. The Balaban J connectivity index is 0. The number of aliphatic hydroxyl groups is 2. The monoisotopic (exact) mass is 527 g/mol. The number of aliphatic hydroxyl groups excluding tert-OH is 2. The van der Waals surface area contributed by atoms with Crippen LogP contribution < -0.4 is 5.32 Å². The van der Waals surface area contributed by atoms with Gasteiger partial charge in [-0.15, -0.1) is 0 Å². The van der Waals surface area contributed by atoms with E-state index in [1.807, 2.05) is 12.2 Å². The summed E-state index contributed by atoms with van der Waals surface area (Å²) in [7, 11) is -4.64. The molecule has 1 atom stereocenters. The third-order valence-electron chi connectivity index (χ3n) is 5.42. The quantitative estimate of drug-likeness (QED) is 0.0749. The molecule has 0 aromatic carbocycles. The smallest absolute Gasteiger partial charge is 0.305 e. The number of hydrogen-bond donors (Lipinski definition) is 3. The van der Waals surface area contributed by atoms with E-state index >= 15 is 0 Å². The average molecular weight is 528 g/mol. The highest BCUT2D eigenvalue weighted by Gasteiger charge is 2.12. The number of esters is 1. The molecular weight excluding hydrogens is 474 g/mol. The van der Waals surface area contributed by atoms with E-state index in [4.69, 9.17) is 19.1 Å². The molecular formula is C25H53NO8S. The molecule has 0 saturated heterocycles. The molecule has 0 saturated carbocycles. The lowest BCUT2D eigenvalue weighted by atomic mass is 10.0. The molecule has 0 radical (unpaired) electrons. The first-order chi connectivity index (χ1) is 16.8. The third-order valence-corrected chi connectivity index (χ3v) is 5.93. The summed E-state index contributed by atoms with van der Waals surface area (Å²) < 4.78 is 42.6. The largest absolute Gasteiger partial charge is 0.726 e. The summed E-state index contributed by atoms with van der Waals surface area (Å²) in [5, 5.41) is 18.2. The predicted molar refractivity (Wildman–Crippen MR) is 137 cm³/mol. The molecule has 0 spiro atoms. The van der Waals surface area contributed by atoms with Crippen molar-refractivity contribution in [1.82, 2.24) is 0 Å². The van der Waals surface area contributed by atoms with Gasteiger partial charge >= 0.3 is 5.97 Å². The highest BCUT2D eigenvalue weighted by Crippen LogP contribution is 2.18. The molecule has 0 rings (SSSR count). The van der Waals surface area contributed by atoms with Crippen LogP contribution in [-0.2, 0) is 24.1 Å². The maximum atomic E-state index is 11.4. The van der Waals surface area contributed by atoms with Crippen LogP contribution in [0.4, 0.5) is 0 Å². The van der Waals surface area contributed by atoms with Gasteiger partial charge < -0.3 is 24.8 Å². The van der Waals surface area contributed by atoms with Gasteiger partial charge in [-0.05, 0) is 25.7 Å². The van der Waals surface area contributed by atoms with Crippen molar-refractivity contribution in [1.29, 1.82) is 0 Å². The number of carbonyl (C=O) groups is 1. The molecule has 1 unspecified atom stereocenters. The van der Waals surface area contributed by atoms with Gasteiger partial charge in [0.1, 0.15) is 0 Å². The molecule has 0 aromatic rings. The van der Waals surface area contributed by atoms with Crippen molar-refractivity contribution < 1.29 is 42.2 Å². The number of unbranched alkanes of at least 4 members (excludes halogenated alkanes) is 10. The molecule has 4 N–H and O–H groups in total. The van der Waals surface area contributed by atoms with E-state index in [0.717, 1.165) is 64.2 Å². The third kappa shape index (κ3) is 33.2. The summed E-state index contributed by atoms with van der Waals surface area (Å²) >= 11 is 0. The Morgan fingerprint density at radius 2 is 1.29 bits per heavy atom. The van der Waals surface area contributed by atoms with Gasteiger partial charge in [-0.1, -0.05) is 84.5 Å². The van der Waals surface area contributed by atoms with Gasteiger partial charge in [0, 0.05) is 6.42 Å². The van der Waals surface area contributed by atoms with Gasteiger partial charge in [-0.3, -0.25) is 8.98 Å². The fourth-order valence-corrected chi connectivity index (χ4v) is 4.05. The molecule has 0 aliphatic rings. The zero-order chi connectivity index (χ0) is 26.6. The van der Waals surface area contributed by atoms with Crippen LogP contribution in [0.25, 0.3) is 0 Å². The normalized spacial score (nSPS) is 12.1. The number of rotatable bonds is 24. The van der Waals surface area contributed by atoms with Crippen LogP contribution in [0, 0.1) is 0 Å². The number of nitrogens with two attached hydrogens (primary N) is 1. The van der Waals surface area contributed by atoms with Crippen molar-refractivity contribution in [2.24, 2.45) is 0 Å². The number of carbonyl (C=O) groups excluding carboxylic acids is 1. The van der Waals surface area contributed by atoms with Gasteiger partial charge in [0.15, 0.2) is 0 Å². The first kappa shape index (κ1) is 36.4. The van der Waals surface area contributed by atoms with E-state index in [1.54, 1.807) is 0 Å². The summed E-state index contributed by atoms with van der Waals surface area (Å²) in [6.07, 6.45) is 14.6. The molecule has 0 fully saturated rings. The van der Waals surface area contributed by atoms with Gasteiger partial charge in [0.2, 0.25) is 10.4 Å². The Labute approximate surface area is 214 Å². The number of ether oxygens (including phenoxy) is 1. The van der Waals surface area contributed by atoms with Gasteiger partial charge in [-0.2, -0.15) is 0 Å². The summed E-state index contributed by atoms with van der Waals surface area (Å²) in [5.74, 6) is -0.115. The molecule has 0 bridgehead atoms. The molecule has 9 nitrogen and oxygen atoms in total. The van der Waals surface area contributed by atoms with Crippen LogP contribution in [0.2, 0.25) is 0 Å². The number of quaternary nitrogens is 1. The maximum absolute atomic E-state index is 11.4. The van der Waals surface area contributed by atoms with Crippen LogP contribution in [0.3, 0.4) is 0 Å². The first-order valence-electron chi connectivity index (χ1n) is 13.6. The van der Waals surface area contributed by atoms with Crippen molar-refractivity contribution >= 4 is 16.4 Å². The summed E-state index contributed by atoms with van der Waals surface area (Å²) in [4.78, 5) is 11.4. The van der Waals surface area contributed by atoms with Gasteiger partial charge in [-0.25, -0.2) is 8.42 Å². The highest BCUT2D eigenvalue weighted by atomic mass is 32.3. The fraction of sp³-hybridized carbons (Fsp3) is 0.960. The van der Waals surface area contributed by atoms with Crippen molar-refractivity contribution in [2.75, 3.05) is 32.9 Å². The zero-order valence-electron chi connectivity index (χ0n) is 22.3. The van der Waals surface area contributed by atoms with Crippen molar-refractivity contribution in [3.8, 4) is 0 Å². The summed E-state index contributed by atoms with van der Waals surface area (Å²) in [5.41, 5.74) is 0. The average Bonchev–Trinajstić information content (AvgIpc) is 2.81. The Morgan fingerprint density at radius 1 is 0.800 bits per heavy atom. The van der Waals surface area contributed by atoms with Crippen LogP contribution in [0.1, 0.15) is 117 Å². The minimum atomic E-state index is -4.64. The second-order valence-electron chi connectivity index (χ2n) is 8.88. The second kappa shape index (κ2) is 27.8. The van der Waals surface area contributed by atoms with Crippen LogP contribution >= 0.6 is 0 Å². The summed E-state index contributed by atoms with van der Waals surface area (Å²) in [6.45, 7) is 6.43. The standard InChI is InChI=1S/C21H42O6S.C4H11NO2/c1-3-5-6-7-10-13-16-20(27-28(23,24)25)17-14-11-8-9-12-15-18-21(22)26-19-4-2;6-3-1-5-2-4-7/h20H,3-19H2,1-2H3,(H,23,24,25);5-7H,1-4H2. The van der Waals surface area contributed by atoms with Gasteiger partial charge in [0.25, 0.3) is 0 Å². The van der Waals surface area contributed by atoms with Crippen molar-refractivity contribution in [3.05, 3.63) is 0 Å². The maximum Gasteiger partial charge on any atom is 0.305 e. The van der Waals surface area contributed by atoms with E-state index in [9.17, 15) is 17.8 Å². The lowest BCUT2D eigenvalue weighted by Gasteiger charge is -2.19. The molecule has 35 heavy (non-hydrogen) atoms. The zero-order valence-corrected chi connectivity index (χ0v) is 23.1. The van der Waals surface area contributed by atoms with E-state index in [2.05, 4.69) is 6.92 Å².